The first-order chi connectivity index (χ1) is 14.1. The van der Waals surface area contributed by atoms with Crippen LogP contribution < -0.4 is 0 Å². The van der Waals surface area contributed by atoms with Crippen molar-refractivity contribution in [2.45, 2.75) is 110 Å². The minimum absolute atomic E-state index is 0.0866. The van der Waals surface area contributed by atoms with E-state index in [-0.39, 0.29) is 46.9 Å². The second-order valence-electron chi connectivity index (χ2n) is 12.2. The molecule has 3 unspecified atom stereocenters. The van der Waals surface area contributed by atoms with Gasteiger partial charge in [0.05, 0.1) is 24.5 Å². The molecule has 0 aromatic carbocycles. The summed E-state index contributed by atoms with van der Waals surface area (Å²) in [6.45, 7) is 10.6. The third kappa shape index (κ3) is 3.22. The number of aliphatic hydroxyl groups excluding tert-OH is 3. The molecule has 0 bridgehead atoms. The van der Waals surface area contributed by atoms with Crippen molar-refractivity contribution in [2.24, 2.45) is 52.3 Å². The molecule has 4 rings (SSSR count). The highest BCUT2D eigenvalue weighted by Crippen LogP contribution is 2.69. The summed E-state index contributed by atoms with van der Waals surface area (Å²) in [5.74, 6) is 1.98. The van der Waals surface area contributed by atoms with Crippen molar-refractivity contribution >= 4 is 0 Å². The van der Waals surface area contributed by atoms with E-state index < -0.39 is 6.17 Å². The van der Waals surface area contributed by atoms with Gasteiger partial charge in [-0.3, -0.25) is 0 Å². The van der Waals surface area contributed by atoms with Crippen LogP contribution in [0.5, 0.6) is 0 Å². The second-order valence-corrected chi connectivity index (χ2v) is 12.2. The van der Waals surface area contributed by atoms with E-state index >= 15 is 0 Å². The molecule has 4 saturated carbocycles. The van der Waals surface area contributed by atoms with Crippen LogP contribution in [-0.4, -0.2) is 39.8 Å². The van der Waals surface area contributed by atoms with E-state index in [1.54, 1.807) is 6.92 Å². The Bertz CT molecular complexity index is 625. The van der Waals surface area contributed by atoms with Crippen LogP contribution >= 0.6 is 0 Å². The van der Waals surface area contributed by atoms with Crippen LogP contribution in [0.15, 0.2) is 0 Å². The fourth-order valence-corrected chi connectivity index (χ4v) is 9.57. The number of aliphatic hydroxyl groups is 3. The predicted molar refractivity (Wildman–Crippen MR) is 118 cm³/mol. The Balaban J connectivity index is 1.70. The number of fused-ring (bicyclic) bond motifs is 5. The average Bonchev–Trinajstić information content (AvgIpc) is 3.02. The van der Waals surface area contributed by atoms with Crippen molar-refractivity contribution in [3.05, 3.63) is 0 Å². The van der Waals surface area contributed by atoms with Crippen molar-refractivity contribution < 1.29 is 19.7 Å². The van der Waals surface area contributed by atoms with E-state index in [9.17, 15) is 19.7 Å². The van der Waals surface area contributed by atoms with Crippen molar-refractivity contribution in [3.63, 3.8) is 0 Å². The third-order valence-corrected chi connectivity index (χ3v) is 11.0. The Morgan fingerprint density at radius 1 is 0.967 bits per heavy atom. The first kappa shape index (κ1) is 23.0. The highest BCUT2D eigenvalue weighted by atomic mass is 19.1. The second kappa shape index (κ2) is 7.99. The van der Waals surface area contributed by atoms with Gasteiger partial charge in [-0.25, -0.2) is 4.39 Å². The number of rotatable bonds is 4. The Morgan fingerprint density at radius 3 is 2.30 bits per heavy atom. The highest BCUT2D eigenvalue weighted by molar-refractivity contribution is 5.15. The Labute approximate surface area is 182 Å². The summed E-state index contributed by atoms with van der Waals surface area (Å²) in [6.07, 6.45) is 5.18. The van der Waals surface area contributed by atoms with Gasteiger partial charge in [0.1, 0.15) is 0 Å². The predicted octanol–water partition coefficient (Wildman–Crippen LogP) is 4.97. The summed E-state index contributed by atoms with van der Waals surface area (Å²) >= 11 is 0. The van der Waals surface area contributed by atoms with Gasteiger partial charge in [0.25, 0.3) is 0 Å². The van der Waals surface area contributed by atoms with Gasteiger partial charge in [-0.15, -0.1) is 0 Å². The zero-order chi connectivity index (χ0) is 22.0. The average molecular weight is 425 g/mol. The van der Waals surface area contributed by atoms with Crippen molar-refractivity contribution in [2.75, 3.05) is 0 Å². The van der Waals surface area contributed by atoms with Crippen LogP contribution in [0.1, 0.15) is 86.0 Å². The smallest absolute Gasteiger partial charge is 0.0976 e. The molecule has 0 heterocycles. The standard InChI is InChI=1S/C26H45FO3/c1-6-17-20-12-16(28)9-10-25(20,4)21-13-22(29)26(5)18(14(2)11-15(3)27)7-8-19(26)23(21)24(17)30/h14-24,28-30H,6-13H2,1-5H3/t14-,15+,16-,17-,18-,19?,20+,21?,22+,23?,24-,25+,26-/m1/s1. The minimum atomic E-state index is -0.811. The topological polar surface area (TPSA) is 60.7 Å². The quantitative estimate of drug-likeness (QED) is 0.597. The van der Waals surface area contributed by atoms with Gasteiger partial charge in [0.2, 0.25) is 0 Å². The van der Waals surface area contributed by atoms with Gasteiger partial charge >= 0.3 is 0 Å². The molecule has 4 heteroatoms. The normalized spacial score (nSPS) is 55.3. The molecule has 0 amide bonds. The SMILES string of the molecule is CC[C@H]1[C@@H](O)C2C3CC[C@H]([C@H](C)C[C@H](C)F)[C@@]3(C)[C@@H](O)CC2[C@@]2(C)CC[C@@H](O)C[C@@H]12. The minimum Gasteiger partial charge on any atom is -0.393 e. The van der Waals surface area contributed by atoms with E-state index in [1.165, 1.54) is 0 Å². The molecular weight excluding hydrogens is 379 g/mol. The zero-order valence-corrected chi connectivity index (χ0v) is 19.7. The first-order valence-electron chi connectivity index (χ1n) is 12.7. The van der Waals surface area contributed by atoms with Gasteiger partial charge in [0, 0.05) is 0 Å². The van der Waals surface area contributed by atoms with E-state index in [4.69, 9.17) is 0 Å². The summed E-state index contributed by atoms with van der Waals surface area (Å²) in [4.78, 5) is 0. The number of halogens is 1. The molecule has 174 valence electrons. The fraction of sp³-hybridized carbons (Fsp3) is 1.00. The zero-order valence-electron chi connectivity index (χ0n) is 19.7. The molecular formula is C26H45FO3. The van der Waals surface area contributed by atoms with E-state index in [0.717, 1.165) is 44.9 Å². The van der Waals surface area contributed by atoms with Gasteiger partial charge < -0.3 is 15.3 Å². The lowest BCUT2D eigenvalue weighted by atomic mass is 9.41. The molecule has 3 nitrogen and oxygen atoms in total. The van der Waals surface area contributed by atoms with E-state index in [2.05, 4.69) is 27.7 Å². The maximum absolute atomic E-state index is 13.8. The lowest BCUT2D eigenvalue weighted by molar-refractivity contribution is -0.228. The Morgan fingerprint density at radius 2 is 1.67 bits per heavy atom. The molecule has 3 N–H and O–H groups in total. The summed E-state index contributed by atoms with van der Waals surface area (Å²) in [6, 6.07) is 0. The lowest BCUT2D eigenvalue weighted by Gasteiger charge is -2.65. The van der Waals surface area contributed by atoms with E-state index in [1.807, 2.05) is 0 Å². The molecule has 0 spiro atoms. The van der Waals surface area contributed by atoms with Gasteiger partial charge in [-0.2, -0.15) is 0 Å². The summed E-state index contributed by atoms with van der Waals surface area (Å²) in [5.41, 5.74) is -0.143. The molecule has 4 aliphatic rings. The fourth-order valence-electron chi connectivity index (χ4n) is 9.57. The van der Waals surface area contributed by atoms with Crippen LogP contribution in [0.2, 0.25) is 0 Å². The first-order valence-corrected chi connectivity index (χ1v) is 12.7. The molecule has 4 fully saturated rings. The summed E-state index contributed by atoms with van der Waals surface area (Å²) in [7, 11) is 0. The van der Waals surface area contributed by atoms with E-state index in [0.29, 0.717) is 30.1 Å². The number of hydrogen-bond donors (Lipinski definition) is 3. The molecule has 0 radical (unpaired) electrons. The van der Waals surface area contributed by atoms with Crippen molar-refractivity contribution in [1.29, 1.82) is 0 Å². The largest absolute Gasteiger partial charge is 0.393 e. The monoisotopic (exact) mass is 424 g/mol. The number of alkyl halides is 1. The summed E-state index contributed by atoms with van der Waals surface area (Å²) < 4.78 is 13.8. The molecule has 30 heavy (non-hydrogen) atoms. The molecule has 0 aromatic heterocycles. The molecule has 0 aromatic rings. The Hall–Kier alpha value is -0.190. The van der Waals surface area contributed by atoms with Gasteiger partial charge in [-0.1, -0.05) is 34.1 Å². The third-order valence-electron chi connectivity index (χ3n) is 11.0. The van der Waals surface area contributed by atoms with Crippen LogP contribution in [0.3, 0.4) is 0 Å². The molecule has 4 aliphatic carbocycles. The molecule has 13 atom stereocenters. The molecule has 0 saturated heterocycles. The maximum Gasteiger partial charge on any atom is 0.0976 e. The van der Waals surface area contributed by atoms with Crippen molar-refractivity contribution in [3.8, 4) is 0 Å². The lowest BCUT2D eigenvalue weighted by Crippen LogP contribution is -2.65. The van der Waals surface area contributed by atoms with Crippen LogP contribution in [-0.2, 0) is 0 Å². The van der Waals surface area contributed by atoms with Crippen LogP contribution in [0.4, 0.5) is 4.39 Å². The summed E-state index contributed by atoms with van der Waals surface area (Å²) in [5, 5.41) is 33.7. The van der Waals surface area contributed by atoms with Gasteiger partial charge in [-0.05, 0) is 104 Å². The highest BCUT2D eigenvalue weighted by Gasteiger charge is 2.67. The van der Waals surface area contributed by atoms with Crippen molar-refractivity contribution in [1.82, 2.24) is 0 Å². The van der Waals surface area contributed by atoms with Gasteiger partial charge in [0.15, 0.2) is 0 Å². The number of hydrogen-bond acceptors (Lipinski definition) is 3. The van der Waals surface area contributed by atoms with Crippen LogP contribution in [0.25, 0.3) is 0 Å². The molecule has 0 aliphatic heterocycles. The maximum atomic E-state index is 13.8. The Kier molecular flexibility index (Phi) is 6.12. The van der Waals surface area contributed by atoms with Crippen LogP contribution in [0, 0.1) is 52.3 Å².